The number of nitrogens with one attached hydrogen (secondary N) is 1. The summed E-state index contributed by atoms with van der Waals surface area (Å²) in [6.07, 6.45) is 2.21. The van der Waals surface area contributed by atoms with Crippen LogP contribution < -0.4 is 10.9 Å². The molecule has 12 heteroatoms. The van der Waals surface area contributed by atoms with Crippen molar-refractivity contribution in [1.29, 1.82) is 0 Å². The van der Waals surface area contributed by atoms with Crippen molar-refractivity contribution >= 4 is 40.5 Å². The second kappa shape index (κ2) is 11.7. The Morgan fingerprint density at radius 1 is 1.18 bits per heavy atom. The highest BCUT2D eigenvalue weighted by Gasteiger charge is 2.24. The van der Waals surface area contributed by atoms with E-state index in [1.54, 1.807) is 16.8 Å². The number of hydrogen-bond acceptors (Lipinski definition) is 8. The van der Waals surface area contributed by atoms with Gasteiger partial charge in [-0.25, -0.2) is 14.8 Å². The van der Waals surface area contributed by atoms with Crippen LogP contribution in [0.2, 0.25) is 5.02 Å². The van der Waals surface area contributed by atoms with Gasteiger partial charge in [-0.2, -0.15) is 0 Å². The van der Waals surface area contributed by atoms with E-state index in [-0.39, 0.29) is 25.3 Å². The largest absolute Gasteiger partial charge is 0.465 e. The summed E-state index contributed by atoms with van der Waals surface area (Å²) in [5.41, 5.74) is 3.81. The van der Waals surface area contributed by atoms with Gasteiger partial charge in [0.15, 0.2) is 11.4 Å². The van der Waals surface area contributed by atoms with Crippen LogP contribution in [0.5, 0.6) is 0 Å². The first-order valence-corrected chi connectivity index (χ1v) is 13.8. The maximum atomic E-state index is 13.8. The molecule has 39 heavy (non-hydrogen) atoms. The van der Waals surface area contributed by atoms with Crippen LogP contribution in [-0.2, 0) is 16.0 Å². The monoisotopic (exact) mass is 567 g/mol. The minimum atomic E-state index is -1.13. The van der Waals surface area contributed by atoms with Gasteiger partial charge in [0.1, 0.15) is 5.65 Å². The summed E-state index contributed by atoms with van der Waals surface area (Å²) < 4.78 is 13.0. The van der Waals surface area contributed by atoms with Gasteiger partial charge in [0.25, 0.3) is 5.56 Å². The van der Waals surface area contributed by atoms with Crippen molar-refractivity contribution in [3.05, 3.63) is 69.7 Å². The van der Waals surface area contributed by atoms with Crippen LogP contribution in [0.3, 0.4) is 0 Å². The van der Waals surface area contributed by atoms with Crippen molar-refractivity contribution in [1.82, 2.24) is 24.8 Å². The average molecular weight is 568 g/mol. The van der Waals surface area contributed by atoms with Gasteiger partial charge >= 0.3 is 6.09 Å². The molecule has 1 saturated heterocycles. The molecule has 1 aromatic carbocycles. The van der Waals surface area contributed by atoms with Gasteiger partial charge in [-0.1, -0.05) is 41.6 Å². The number of rotatable bonds is 7. The molecule has 4 heterocycles. The second-order valence-electron chi connectivity index (χ2n) is 9.04. The molecule has 1 fully saturated rings. The summed E-state index contributed by atoms with van der Waals surface area (Å²) in [6, 6.07) is 12.6. The summed E-state index contributed by atoms with van der Waals surface area (Å²) >= 11 is 8.11. The molecule has 1 amide bonds. The van der Waals surface area contributed by atoms with Gasteiger partial charge in [-0.05, 0) is 37.4 Å². The molecule has 3 aromatic heterocycles. The number of nitrogens with zero attached hydrogens (tertiary/aromatic N) is 4. The van der Waals surface area contributed by atoms with E-state index >= 15 is 0 Å². The molecule has 5 rings (SSSR count). The Morgan fingerprint density at radius 3 is 2.67 bits per heavy atom. The van der Waals surface area contributed by atoms with Gasteiger partial charge < -0.3 is 19.9 Å². The predicted octanol–water partition coefficient (Wildman–Crippen LogP) is 4.60. The van der Waals surface area contributed by atoms with E-state index in [1.165, 1.54) is 11.8 Å². The molecule has 202 valence electrons. The van der Waals surface area contributed by atoms with E-state index in [9.17, 15) is 9.59 Å². The summed E-state index contributed by atoms with van der Waals surface area (Å²) in [7, 11) is 0. The second-order valence-corrected chi connectivity index (χ2v) is 10.2. The van der Waals surface area contributed by atoms with Crippen molar-refractivity contribution in [2.24, 2.45) is 0 Å². The van der Waals surface area contributed by atoms with Gasteiger partial charge in [-0.15, -0.1) is 0 Å². The number of thioether (sulfide) groups is 1. The minimum absolute atomic E-state index is 0.184. The molecule has 1 aliphatic rings. The number of halogens is 1. The molecule has 0 aliphatic carbocycles. The average Bonchev–Trinajstić information content (AvgIpc) is 2.92. The number of benzene rings is 1. The number of carbonyl (C=O) groups is 1. The number of hydrogen-bond donors (Lipinski definition) is 2. The quantitative estimate of drug-likeness (QED) is 0.243. The normalized spacial score (nSPS) is 17.3. The van der Waals surface area contributed by atoms with Gasteiger partial charge in [0.2, 0.25) is 0 Å². The first-order chi connectivity index (χ1) is 18.8. The fourth-order valence-electron chi connectivity index (χ4n) is 4.44. The zero-order chi connectivity index (χ0) is 27.5. The fraction of sp³-hybridized carbons (Fsp3) is 0.296. The van der Waals surface area contributed by atoms with Crippen molar-refractivity contribution in [3.63, 3.8) is 0 Å². The number of aromatic nitrogens is 4. The Hall–Kier alpha value is -3.51. The molecule has 0 atom stereocenters. The predicted molar refractivity (Wildman–Crippen MR) is 149 cm³/mol. The summed E-state index contributed by atoms with van der Waals surface area (Å²) in [5.74, 6) is 0. The third-order valence-corrected chi connectivity index (χ3v) is 7.19. The highest BCUT2D eigenvalue weighted by molar-refractivity contribution is 7.98. The Bertz CT molecular complexity index is 1590. The zero-order valence-corrected chi connectivity index (χ0v) is 22.8. The number of amides is 1. The van der Waals surface area contributed by atoms with Crippen molar-refractivity contribution in [2.75, 3.05) is 19.5 Å². The van der Waals surface area contributed by atoms with Crippen LogP contribution in [0.15, 0.2) is 58.6 Å². The zero-order valence-electron chi connectivity index (χ0n) is 21.3. The van der Waals surface area contributed by atoms with Crippen LogP contribution >= 0.6 is 23.4 Å². The van der Waals surface area contributed by atoms with Crippen LogP contribution in [0.4, 0.5) is 4.79 Å². The standard InChI is InChI=1S/C27H26ClN5O5S/c1-15-4-3-5-22(30-15)16-6-7-19(21(28)11-16)20-10-17-12-29-26(39-2)32-24(17)33(25(20)34)9-8-23-37-13-18(14-38-23)31-27(35)36/h3-7,10-12,18,23,31H,8-9,13-14H2,1-2H3,(H,35,36). The highest BCUT2D eigenvalue weighted by atomic mass is 35.5. The third-order valence-electron chi connectivity index (χ3n) is 6.31. The number of ether oxygens (including phenoxy) is 2. The fourth-order valence-corrected chi connectivity index (χ4v) is 5.06. The summed E-state index contributed by atoms with van der Waals surface area (Å²) in [5, 5.41) is 12.9. The van der Waals surface area contributed by atoms with E-state index in [0.717, 1.165) is 17.0 Å². The number of carboxylic acid groups (broad SMARTS) is 1. The van der Waals surface area contributed by atoms with E-state index < -0.39 is 18.4 Å². The van der Waals surface area contributed by atoms with Gasteiger partial charge in [0, 0.05) is 52.0 Å². The lowest BCUT2D eigenvalue weighted by Gasteiger charge is -2.29. The summed E-state index contributed by atoms with van der Waals surface area (Å²) in [6.45, 7) is 2.56. The SMILES string of the molecule is CSc1ncc2cc(-c3ccc(-c4cccc(C)n4)cc3Cl)c(=O)n(CCC3OCC(NC(=O)O)CO3)c2n1. The number of pyridine rings is 2. The summed E-state index contributed by atoms with van der Waals surface area (Å²) in [4.78, 5) is 38.3. The maximum Gasteiger partial charge on any atom is 0.405 e. The molecular formula is C27H26ClN5O5S. The molecule has 0 radical (unpaired) electrons. The lowest BCUT2D eigenvalue weighted by atomic mass is 10.0. The number of aryl methyl sites for hydroxylation is 2. The van der Waals surface area contributed by atoms with Crippen LogP contribution in [0.1, 0.15) is 12.1 Å². The first kappa shape index (κ1) is 27.1. The molecular weight excluding hydrogens is 542 g/mol. The van der Waals surface area contributed by atoms with Crippen LogP contribution in [-0.4, -0.2) is 62.5 Å². The number of fused-ring (bicyclic) bond motifs is 1. The van der Waals surface area contributed by atoms with E-state index in [2.05, 4.69) is 20.3 Å². The minimum Gasteiger partial charge on any atom is -0.465 e. The first-order valence-electron chi connectivity index (χ1n) is 12.2. The third kappa shape index (κ3) is 6.06. The molecule has 0 bridgehead atoms. The molecule has 10 nitrogen and oxygen atoms in total. The lowest BCUT2D eigenvalue weighted by molar-refractivity contribution is -0.192. The van der Waals surface area contributed by atoms with Crippen molar-refractivity contribution in [2.45, 2.75) is 37.4 Å². The van der Waals surface area contributed by atoms with Gasteiger partial charge in [-0.3, -0.25) is 14.3 Å². The maximum absolute atomic E-state index is 13.8. The van der Waals surface area contributed by atoms with Gasteiger partial charge in [0.05, 0.1) is 24.9 Å². The molecule has 0 spiro atoms. The van der Waals surface area contributed by atoms with Crippen LogP contribution in [0, 0.1) is 6.92 Å². The van der Waals surface area contributed by atoms with E-state index in [1.807, 2.05) is 49.6 Å². The Labute approximate surface area is 233 Å². The molecule has 1 aliphatic heterocycles. The Balaban J connectivity index is 1.48. The molecule has 4 aromatic rings. The van der Waals surface area contributed by atoms with Crippen molar-refractivity contribution < 1.29 is 19.4 Å². The smallest absolute Gasteiger partial charge is 0.405 e. The Kier molecular flexibility index (Phi) is 8.12. The van der Waals surface area contributed by atoms with E-state index in [0.29, 0.717) is 38.8 Å². The lowest BCUT2D eigenvalue weighted by Crippen LogP contribution is -2.46. The topological polar surface area (TPSA) is 128 Å². The van der Waals surface area contributed by atoms with Crippen molar-refractivity contribution in [3.8, 4) is 22.4 Å². The highest BCUT2D eigenvalue weighted by Crippen LogP contribution is 2.32. The Morgan fingerprint density at radius 2 is 1.97 bits per heavy atom. The molecule has 0 saturated carbocycles. The van der Waals surface area contributed by atoms with Crippen LogP contribution in [0.25, 0.3) is 33.4 Å². The molecule has 0 unspecified atom stereocenters. The van der Waals surface area contributed by atoms with E-state index in [4.69, 9.17) is 26.2 Å². The molecule has 2 N–H and O–H groups in total.